The second-order valence-electron chi connectivity index (χ2n) is 5.58. The minimum atomic E-state index is -3.83. The molecule has 0 bridgehead atoms. The average molecular weight is 365 g/mol. The van der Waals surface area contributed by atoms with Gasteiger partial charge in [-0.25, -0.2) is 0 Å². The molecule has 6 nitrogen and oxygen atoms in total. The number of rotatable bonds is 4. The highest BCUT2D eigenvalue weighted by atomic mass is 35.5. The highest BCUT2D eigenvalue weighted by molar-refractivity contribution is 7.92. The first kappa shape index (κ1) is 16.6. The van der Waals surface area contributed by atoms with Gasteiger partial charge in [-0.05, 0) is 24.3 Å². The van der Waals surface area contributed by atoms with Crippen molar-refractivity contribution < 1.29 is 8.42 Å². The zero-order valence-electron chi connectivity index (χ0n) is 13.5. The van der Waals surface area contributed by atoms with Gasteiger partial charge in [-0.1, -0.05) is 29.8 Å². The van der Waals surface area contributed by atoms with Crippen molar-refractivity contribution in [2.75, 3.05) is 23.7 Å². The third-order valence-electron chi connectivity index (χ3n) is 3.62. The van der Waals surface area contributed by atoms with Crippen LogP contribution in [0.5, 0.6) is 0 Å². The second-order valence-corrected chi connectivity index (χ2v) is 7.59. The van der Waals surface area contributed by atoms with Crippen molar-refractivity contribution in [3.05, 3.63) is 47.5 Å². The maximum atomic E-state index is 13.0. The number of halogens is 1. The van der Waals surface area contributed by atoms with Gasteiger partial charge >= 0.3 is 0 Å². The van der Waals surface area contributed by atoms with Crippen LogP contribution in [0.2, 0.25) is 5.02 Å². The number of nitrogens with zero attached hydrogens (tertiary/aromatic N) is 3. The molecular weight excluding hydrogens is 348 g/mol. The molecule has 1 heterocycles. The first-order valence-electron chi connectivity index (χ1n) is 7.21. The van der Waals surface area contributed by atoms with Crippen molar-refractivity contribution in [1.29, 1.82) is 0 Å². The normalized spacial score (nSPS) is 11.7. The topological polar surface area (TPSA) is 67.2 Å². The zero-order valence-corrected chi connectivity index (χ0v) is 15.1. The lowest BCUT2D eigenvalue weighted by Gasteiger charge is -2.20. The number of benzene rings is 2. The van der Waals surface area contributed by atoms with Crippen molar-refractivity contribution in [3.63, 3.8) is 0 Å². The molecule has 0 saturated heterocycles. The monoisotopic (exact) mass is 364 g/mol. The van der Waals surface area contributed by atoms with Crippen molar-refractivity contribution in [2.24, 2.45) is 7.05 Å². The SMILES string of the molecule is CN(C)c1c(Cl)cccc1NS(=O)(=O)c1c2ccccc2nn1C. The molecule has 0 aliphatic heterocycles. The van der Waals surface area contributed by atoms with Crippen molar-refractivity contribution in [1.82, 2.24) is 9.78 Å². The van der Waals surface area contributed by atoms with E-state index in [2.05, 4.69) is 9.82 Å². The van der Waals surface area contributed by atoms with Gasteiger partial charge in [0.25, 0.3) is 10.0 Å². The number of hydrogen-bond donors (Lipinski definition) is 1. The molecule has 1 aromatic heterocycles. The Labute approximate surface area is 145 Å². The summed E-state index contributed by atoms with van der Waals surface area (Å²) in [6.45, 7) is 0. The Morgan fingerprint density at radius 1 is 1.12 bits per heavy atom. The Morgan fingerprint density at radius 2 is 1.83 bits per heavy atom. The number of hydrogen-bond acceptors (Lipinski definition) is 4. The molecule has 3 aromatic rings. The molecule has 0 fully saturated rings. The Morgan fingerprint density at radius 3 is 2.54 bits per heavy atom. The predicted molar refractivity (Wildman–Crippen MR) is 97.3 cm³/mol. The molecule has 0 unspecified atom stereocenters. The molecule has 2 aromatic carbocycles. The van der Waals surface area contributed by atoms with Crippen molar-refractivity contribution >= 4 is 43.9 Å². The fraction of sp³-hybridized carbons (Fsp3) is 0.188. The molecular formula is C16H17ClN4O2S. The third-order valence-corrected chi connectivity index (χ3v) is 5.41. The quantitative estimate of drug-likeness (QED) is 0.772. The van der Waals surface area contributed by atoms with Crippen LogP contribution in [-0.2, 0) is 17.1 Å². The summed E-state index contributed by atoms with van der Waals surface area (Å²) < 4.78 is 29.9. The van der Waals surface area contributed by atoms with E-state index in [1.54, 1.807) is 62.4 Å². The fourth-order valence-electron chi connectivity index (χ4n) is 2.69. The number of sulfonamides is 1. The van der Waals surface area contributed by atoms with E-state index >= 15 is 0 Å². The number of aromatic nitrogens is 2. The Bertz CT molecular complexity index is 1010. The highest BCUT2D eigenvalue weighted by Gasteiger charge is 2.24. The summed E-state index contributed by atoms with van der Waals surface area (Å²) in [4.78, 5) is 1.77. The molecule has 3 rings (SSSR count). The molecule has 1 N–H and O–H groups in total. The van der Waals surface area contributed by atoms with Crippen LogP contribution in [0.1, 0.15) is 0 Å². The van der Waals surface area contributed by atoms with Gasteiger partial charge in [0.1, 0.15) is 0 Å². The fourth-order valence-corrected chi connectivity index (χ4v) is 4.43. The van der Waals surface area contributed by atoms with Gasteiger partial charge in [0.15, 0.2) is 5.03 Å². The number of aryl methyl sites for hydroxylation is 1. The summed E-state index contributed by atoms with van der Waals surface area (Å²) in [6, 6.07) is 12.2. The van der Waals surface area contributed by atoms with Crippen LogP contribution in [0, 0.1) is 0 Å². The third kappa shape index (κ3) is 2.81. The average Bonchev–Trinajstić information content (AvgIpc) is 2.82. The Hall–Kier alpha value is -2.25. The standard InChI is InChI=1S/C16H17ClN4O2S/c1-20(2)15-12(17)8-6-10-14(15)19-24(22,23)16-11-7-4-5-9-13(11)18-21(16)3/h4-10,19H,1-3H3. The molecule has 24 heavy (non-hydrogen) atoms. The van der Waals surface area contributed by atoms with Crippen molar-refractivity contribution in [3.8, 4) is 0 Å². The smallest absolute Gasteiger partial charge is 0.279 e. The van der Waals surface area contributed by atoms with Crippen LogP contribution < -0.4 is 9.62 Å². The van der Waals surface area contributed by atoms with Crippen LogP contribution in [0.4, 0.5) is 11.4 Å². The van der Waals surface area contributed by atoms with Crippen molar-refractivity contribution in [2.45, 2.75) is 5.03 Å². The molecule has 8 heteroatoms. The van der Waals surface area contributed by atoms with Gasteiger partial charge in [0, 0.05) is 26.5 Å². The van der Waals surface area contributed by atoms with Crippen LogP contribution in [-0.4, -0.2) is 32.3 Å². The van der Waals surface area contributed by atoms with Crippen LogP contribution in [0.3, 0.4) is 0 Å². The van der Waals surface area contributed by atoms with E-state index in [1.807, 2.05) is 6.07 Å². The summed E-state index contributed by atoms with van der Waals surface area (Å²) in [5, 5.41) is 5.41. The Kier molecular flexibility index (Phi) is 4.15. The van der Waals surface area contributed by atoms with Gasteiger partial charge in [-0.15, -0.1) is 0 Å². The minimum absolute atomic E-state index is 0.114. The molecule has 0 amide bonds. The van der Waals surface area contributed by atoms with Gasteiger partial charge in [-0.3, -0.25) is 9.40 Å². The lowest BCUT2D eigenvalue weighted by Crippen LogP contribution is -2.19. The second kappa shape index (κ2) is 5.99. The lowest BCUT2D eigenvalue weighted by atomic mass is 10.2. The Balaban J connectivity index is 2.13. The van der Waals surface area contributed by atoms with Crippen LogP contribution in [0.25, 0.3) is 10.9 Å². The molecule has 126 valence electrons. The van der Waals surface area contributed by atoms with Gasteiger partial charge in [0.05, 0.1) is 21.9 Å². The predicted octanol–water partition coefficient (Wildman–Crippen LogP) is 3.09. The minimum Gasteiger partial charge on any atom is -0.375 e. The number of nitrogens with one attached hydrogen (secondary N) is 1. The van der Waals surface area contributed by atoms with Gasteiger partial charge in [-0.2, -0.15) is 13.5 Å². The van der Waals surface area contributed by atoms with E-state index in [0.717, 1.165) is 0 Å². The number of anilines is 2. The van der Waals surface area contributed by atoms with Crippen LogP contribution >= 0.6 is 11.6 Å². The first-order valence-corrected chi connectivity index (χ1v) is 9.08. The molecule has 0 aliphatic rings. The summed E-state index contributed by atoms with van der Waals surface area (Å²) in [7, 11) is 1.38. The lowest BCUT2D eigenvalue weighted by molar-refractivity contribution is 0.584. The highest BCUT2D eigenvalue weighted by Crippen LogP contribution is 2.34. The van der Waals surface area contributed by atoms with E-state index in [4.69, 9.17) is 11.6 Å². The first-order chi connectivity index (χ1) is 11.3. The van der Waals surface area contributed by atoms with E-state index in [9.17, 15) is 8.42 Å². The van der Waals surface area contributed by atoms with Crippen LogP contribution in [0.15, 0.2) is 47.5 Å². The van der Waals surface area contributed by atoms with Gasteiger partial charge < -0.3 is 4.90 Å². The summed E-state index contributed by atoms with van der Waals surface area (Å²) >= 11 is 6.21. The van der Waals surface area contributed by atoms with E-state index < -0.39 is 10.0 Å². The molecule has 0 aliphatic carbocycles. The molecule has 0 spiro atoms. The summed E-state index contributed by atoms with van der Waals surface area (Å²) in [6.07, 6.45) is 0. The zero-order chi connectivity index (χ0) is 17.5. The number of para-hydroxylation sites is 1. The summed E-state index contributed by atoms with van der Waals surface area (Å²) in [5.41, 5.74) is 1.64. The molecule has 0 atom stereocenters. The van der Waals surface area contributed by atoms with Gasteiger partial charge in [0.2, 0.25) is 0 Å². The maximum Gasteiger partial charge on any atom is 0.279 e. The largest absolute Gasteiger partial charge is 0.375 e. The van der Waals surface area contributed by atoms with E-state index in [0.29, 0.717) is 27.3 Å². The van der Waals surface area contributed by atoms with E-state index in [-0.39, 0.29) is 5.03 Å². The maximum absolute atomic E-state index is 13.0. The molecule has 0 saturated carbocycles. The summed E-state index contributed by atoms with van der Waals surface area (Å²) in [5.74, 6) is 0. The van der Waals surface area contributed by atoms with E-state index in [1.165, 1.54) is 4.68 Å². The number of fused-ring (bicyclic) bond motifs is 1. The molecule has 0 radical (unpaired) electrons.